The first-order valence-electron chi connectivity index (χ1n) is 10.9. The first kappa shape index (κ1) is 24.5. The molecule has 10 heteroatoms. The van der Waals surface area contributed by atoms with E-state index in [4.69, 9.17) is 10.9 Å². The number of allylic oxidation sites excluding steroid dienone is 1. The molecule has 0 spiro atoms. The Morgan fingerprint density at radius 1 is 1.44 bits per heavy atom. The summed E-state index contributed by atoms with van der Waals surface area (Å²) in [5.74, 6) is 1.57. The van der Waals surface area contributed by atoms with E-state index in [1.807, 2.05) is 6.92 Å². The Bertz CT molecular complexity index is 1190. The zero-order chi connectivity index (χ0) is 24.7. The SMILES string of the molecule is C#CCC(C(=O)NC(/C=C/C)CC1CCNC1=O)n1cccc(NC(=O)c2cc(C)on2)c1=O. The number of nitrogens with one attached hydrogen (secondary N) is 3. The number of carbonyl (C=O) groups is 3. The number of terminal acetylenes is 1. The van der Waals surface area contributed by atoms with Crippen LogP contribution in [0.4, 0.5) is 5.69 Å². The van der Waals surface area contributed by atoms with Gasteiger partial charge in [0.1, 0.15) is 17.5 Å². The molecule has 3 rings (SSSR count). The Kier molecular flexibility index (Phi) is 8.03. The molecule has 3 atom stereocenters. The van der Waals surface area contributed by atoms with E-state index in [0.29, 0.717) is 25.1 Å². The van der Waals surface area contributed by atoms with Crippen LogP contribution in [-0.4, -0.2) is 40.0 Å². The molecular weight excluding hydrogens is 438 g/mol. The van der Waals surface area contributed by atoms with E-state index in [-0.39, 0.29) is 29.6 Å². The van der Waals surface area contributed by atoms with Crippen LogP contribution < -0.4 is 21.5 Å². The van der Waals surface area contributed by atoms with Crippen molar-refractivity contribution >= 4 is 23.4 Å². The van der Waals surface area contributed by atoms with E-state index in [0.717, 1.165) is 0 Å². The van der Waals surface area contributed by atoms with Crippen molar-refractivity contribution in [2.75, 3.05) is 11.9 Å². The van der Waals surface area contributed by atoms with Gasteiger partial charge < -0.3 is 25.0 Å². The second-order valence-corrected chi connectivity index (χ2v) is 7.99. The van der Waals surface area contributed by atoms with E-state index in [2.05, 4.69) is 27.0 Å². The summed E-state index contributed by atoms with van der Waals surface area (Å²) in [7, 11) is 0. The molecule has 1 saturated heterocycles. The van der Waals surface area contributed by atoms with Gasteiger partial charge in [-0.05, 0) is 38.8 Å². The van der Waals surface area contributed by atoms with Crippen molar-refractivity contribution in [3.63, 3.8) is 0 Å². The van der Waals surface area contributed by atoms with Gasteiger partial charge in [-0.2, -0.15) is 0 Å². The highest BCUT2D eigenvalue weighted by Crippen LogP contribution is 2.18. The van der Waals surface area contributed by atoms with Gasteiger partial charge in [-0.3, -0.25) is 19.2 Å². The normalized spacial score (nSPS) is 17.1. The second-order valence-electron chi connectivity index (χ2n) is 7.99. The van der Waals surface area contributed by atoms with Crippen LogP contribution in [0.5, 0.6) is 0 Å². The van der Waals surface area contributed by atoms with E-state index in [9.17, 15) is 19.2 Å². The van der Waals surface area contributed by atoms with E-state index in [1.54, 1.807) is 19.1 Å². The summed E-state index contributed by atoms with van der Waals surface area (Å²) < 4.78 is 6.08. The third-order valence-electron chi connectivity index (χ3n) is 5.49. The van der Waals surface area contributed by atoms with Crippen molar-refractivity contribution in [1.29, 1.82) is 0 Å². The van der Waals surface area contributed by atoms with Gasteiger partial charge in [-0.1, -0.05) is 17.3 Å². The summed E-state index contributed by atoms with van der Waals surface area (Å²) in [6, 6.07) is 3.00. The fraction of sp³-hybridized carbons (Fsp3) is 0.375. The molecule has 3 N–H and O–H groups in total. The molecule has 3 unspecified atom stereocenters. The minimum Gasteiger partial charge on any atom is -0.361 e. The van der Waals surface area contributed by atoms with Crippen LogP contribution in [0.3, 0.4) is 0 Å². The first-order chi connectivity index (χ1) is 16.3. The number of hydrogen-bond donors (Lipinski definition) is 3. The maximum absolute atomic E-state index is 13.2. The number of aryl methyl sites for hydroxylation is 1. The second kappa shape index (κ2) is 11.1. The number of aromatic nitrogens is 2. The van der Waals surface area contributed by atoms with Crippen molar-refractivity contribution in [3.8, 4) is 12.3 Å². The molecule has 0 aliphatic carbocycles. The van der Waals surface area contributed by atoms with Gasteiger partial charge in [-0.15, -0.1) is 12.3 Å². The molecule has 1 aliphatic rings. The predicted molar refractivity (Wildman–Crippen MR) is 125 cm³/mol. The zero-order valence-electron chi connectivity index (χ0n) is 19.0. The van der Waals surface area contributed by atoms with Gasteiger partial charge in [0.25, 0.3) is 11.5 Å². The van der Waals surface area contributed by atoms with Crippen molar-refractivity contribution < 1.29 is 18.9 Å². The number of carbonyl (C=O) groups excluding carboxylic acids is 3. The summed E-state index contributed by atoms with van der Waals surface area (Å²) >= 11 is 0. The van der Waals surface area contributed by atoms with Gasteiger partial charge in [0, 0.05) is 37.2 Å². The number of rotatable bonds is 9. The number of amides is 3. The molecule has 2 aromatic rings. The van der Waals surface area contributed by atoms with Gasteiger partial charge in [0.15, 0.2) is 5.69 Å². The summed E-state index contributed by atoms with van der Waals surface area (Å²) in [5.41, 5.74) is -0.602. The smallest absolute Gasteiger partial charge is 0.278 e. The van der Waals surface area contributed by atoms with Crippen molar-refractivity contribution in [3.05, 3.63) is 58.4 Å². The molecule has 0 bridgehead atoms. The Balaban J connectivity index is 1.80. The fourth-order valence-corrected chi connectivity index (χ4v) is 3.81. The number of nitrogens with zero attached hydrogens (tertiary/aromatic N) is 2. The van der Waals surface area contributed by atoms with Gasteiger partial charge in [-0.25, -0.2) is 0 Å². The molecule has 178 valence electrons. The average molecular weight is 466 g/mol. The van der Waals surface area contributed by atoms with Gasteiger partial charge >= 0.3 is 0 Å². The lowest BCUT2D eigenvalue weighted by Gasteiger charge is -2.23. The van der Waals surface area contributed by atoms with Crippen molar-refractivity contribution in [1.82, 2.24) is 20.4 Å². The lowest BCUT2D eigenvalue weighted by molar-refractivity contribution is -0.126. The summed E-state index contributed by atoms with van der Waals surface area (Å²) in [5, 5.41) is 11.8. The number of anilines is 1. The minimum atomic E-state index is -1.01. The average Bonchev–Trinajstić information content (AvgIpc) is 3.42. The quantitative estimate of drug-likeness (QED) is 0.380. The molecule has 10 nitrogen and oxygen atoms in total. The van der Waals surface area contributed by atoms with Crippen LogP contribution >= 0.6 is 0 Å². The highest BCUT2D eigenvalue weighted by molar-refractivity contribution is 6.02. The van der Waals surface area contributed by atoms with Crippen LogP contribution in [-0.2, 0) is 9.59 Å². The maximum atomic E-state index is 13.2. The standard InChI is InChI=1S/C24H27N5O5/c1-4-7-17(14-16-10-11-25-21(16)30)26-23(32)20(8-5-2)29-12-6-9-18(24(29)33)27-22(31)19-13-15(3)34-28-19/h2,4,6-7,9,12-13,16-17,20H,8,10-11,14H2,1,3H3,(H,25,30)(H,26,32)(H,27,31)/b7-4+. The molecule has 34 heavy (non-hydrogen) atoms. The minimum absolute atomic E-state index is 0.0235. The predicted octanol–water partition coefficient (Wildman–Crippen LogP) is 1.55. The lowest BCUT2D eigenvalue weighted by Crippen LogP contribution is -2.43. The molecular formula is C24H27N5O5. The van der Waals surface area contributed by atoms with Gasteiger partial charge in [0.05, 0.1) is 0 Å². The largest absolute Gasteiger partial charge is 0.361 e. The van der Waals surface area contributed by atoms with Crippen LogP contribution in [0.25, 0.3) is 0 Å². The van der Waals surface area contributed by atoms with Gasteiger partial charge in [0.2, 0.25) is 11.8 Å². The highest BCUT2D eigenvalue weighted by atomic mass is 16.5. The molecule has 0 radical (unpaired) electrons. The van der Waals surface area contributed by atoms with Crippen molar-refractivity contribution in [2.45, 2.75) is 45.2 Å². The van der Waals surface area contributed by atoms with Crippen molar-refractivity contribution in [2.24, 2.45) is 5.92 Å². The Labute approximate surface area is 196 Å². The van der Waals surface area contributed by atoms with Crippen LogP contribution in [0.1, 0.15) is 48.5 Å². The molecule has 3 heterocycles. The summed E-state index contributed by atoms with van der Waals surface area (Å²) in [6.07, 6.45) is 11.6. The Morgan fingerprint density at radius 2 is 2.24 bits per heavy atom. The topological polar surface area (TPSA) is 135 Å². The molecule has 1 fully saturated rings. The zero-order valence-corrected chi connectivity index (χ0v) is 19.0. The number of hydrogen-bond acceptors (Lipinski definition) is 6. The molecule has 1 aliphatic heterocycles. The third-order valence-corrected chi connectivity index (χ3v) is 5.49. The summed E-state index contributed by atoms with van der Waals surface area (Å²) in [4.78, 5) is 50.6. The molecule has 0 aromatic carbocycles. The lowest BCUT2D eigenvalue weighted by atomic mass is 9.97. The monoisotopic (exact) mass is 465 g/mol. The van der Waals surface area contributed by atoms with E-state index < -0.39 is 29.5 Å². The third kappa shape index (κ3) is 5.81. The first-order valence-corrected chi connectivity index (χ1v) is 10.9. The molecule has 3 amide bonds. The molecule has 2 aromatic heterocycles. The van der Waals surface area contributed by atoms with E-state index >= 15 is 0 Å². The summed E-state index contributed by atoms with van der Waals surface area (Å²) in [6.45, 7) is 4.07. The number of pyridine rings is 1. The maximum Gasteiger partial charge on any atom is 0.278 e. The molecule has 0 saturated carbocycles. The van der Waals surface area contributed by atoms with Crippen LogP contribution in [0, 0.1) is 25.2 Å². The highest BCUT2D eigenvalue weighted by Gasteiger charge is 2.29. The fourth-order valence-electron chi connectivity index (χ4n) is 3.81. The van der Waals surface area contributed by atoms with E-state index in [1.165, 1.54) is 29.0 Å². The Morgan fingerprint density at radius 3 is 2.85 bits per heavy atom. The Hall–Kier alpha value is -4.13. The van der Waals surface area contributed by atoms with Crippen LogP contribution in [0.2, 0.25) is 0 Å². The van der Waals surface area contributed by atoms with Crippen LogP contribution in [0.15, 0.2) is 45.9 Å².